The van der Waals surface area contributed by atoms with E-state index < -0.39 is 11.6 Å². The molecule has 0 atom stereocenters. The van der Waals surface area contributed by atoms with Crippen molar-refractivity contribution in [3.8, 4) is 5.75 Å². The van der Waals surface area contributed by atoms with Crippen LogP contribution in [0.15, 0.2) is 24.3 Å². The highest BCUT2D eigenvalue weighted by Gasteiger charge is 2.31. The van der Waals surface area contributed by atoms with Crippen molar-refractivity contribution >= 4 is 0 Å². The summed E-state index contributed by atoms with van der Waals surface area (Å²) in [5.74, 6) is 0.127. The molecular weight excluding hydrogens is 386 g/mol. The van der Waals surface area contributed by atoms with Gasteiger partial charge in [0.05, 0.1) is 19.8 Å². The van der Waals surface area contributed by atoms with Crippen LogP contribution in [0.2, 0.25) is 0 Å². The van der Waals surface area contributed by atoms with E-state index in [0.717, 1.165) is 26.1 Å². The average molecular weight is 423 g/mol. The molecule has 1 aliphatic carbocycles. The molecule has 30 heavy (non-hydrogen) atoms. The average Bonchev–Trinajstić information content (AvgIpc) is 2.77. The maximum Gasteiger partial charge on any atom is 0.200 e. The van der Waals surface area contributed by atoms with Gasteiger partial charge in [0.15, 0.2) is 17.9 Å². The van der Waals surface area contributed by atoms with Gasteiger partial charge in [0.2, 0.25) is 5.82 Å². The third-order valence-electron chi connectivity index (χ3n) is 6.42. The molecule has 0 aromatic heterocycles. The summed E-state index contributed by atoms with van der Waals surface area (Å²) in [6.07, 6.45) is 12.5. The number of ether oxygens (including phenoxy) is 3. The number of allylic oxidation sites excluding steroid dienone is 2. The quantitative estimate of drug-likeness (QED) is 0.428. The van der Waals surface area contributed by atoms with Crippen LogP contribution in [-0.2, 0) is 15.9 Å². The number of aryl methyl sites for hydroxylation is 1. The summed E-state index contributed by atoms with van der Waals surface area (Å²) < 4.78 is 45.0. The van der Waals surface area contributed by atoms with Crippen molar-refractivity contribution in [2.45, 2.75) is 71.5 Å². The minimum absolute atomic E-state index is 0.000733. The van der Waals surface area contributed by atoms with Gasteiger partial charge in [0, 0.05) is 5.92 Å². The van der Waals surface area contributed by atoms with Crippen LogP contribution in [0.4, 0.5) is 8.78 Å². The molecule has 1 saturated heterocycles. The standard InChI is InChI=1S/C25H36F2O3/c1-3-7-23-29-16-21(17-30-23)19-12-10-18(11-13-19)8-5-6-9-20-14-15-22(28-4-2)25(27)24(20)26/h5,8,14-15,18-19,21,23H,3-4,6-7,9-13,16-17H2,1-2H3/b8-5+. The van der Waals surface area contributed by atoms with Crippen LogP contribution >= 0.6 is 0 Å². The molecule has 2 fully saturated rings. The van der Waals surface area contributed by atoms with Gasteiger partial charge < -0.3 is 14.2 Å². The first-order chi connectivity index (χ1) is 14.6. The third kappa shape index (κ3) is 6.27. The van der Waals surface area contributed by atoms with Crippen LogP contribution in [0.5, 0.6) is 5.75 Å². The lowest BCUT2D eigenvalue weighted by atomic mass is 9.76. The molecule has 168 valence electrons. The molecule has 1 aromatic carbocycles. The molecule has 2 aliphatic rings. The van der Waals surface area contributed by atoms with Crippen LogP contribution in [0, 0.1) is 29.4 Å². The first kappa shape index (κ1) is 23.2. The van der Waals surface area contributed by atoms with Gasteiger partial charge in [-0.05, 0) is 75.3 Å². The molecule has 0 radical (unpaired) electrons. The molecule has 5 heteroatoms. The summed E-state index contributed by atoms with van der Waals surface area (Å²) >= 11 is 0. The highest BCUT2D eigenvalue weighted by atomic mass is 19.2. The number of halogens is 2. The Kier molecular flexibility index (Phi) is 9.13. The maximum atomic E-state index is 14.2. The largest absolute Gasteiger partial charge is 0.491 e. The number of hydrogen-bond acceptors (Lipinski definition) is 3. The maximum absolute atomic E-state index is 14.2. The van der Waals surface area contributed by atoms with E-state index in [2.05, 4.69) is 19.1 Å². The van der Waals surface area contributed by atoms with E-state index in [1.807, 2.05) is 0 Å². The van der Waals surface area contributed by atoms with E-state index in [9.17, 15) is 8.78 Å². The van der Waals surface area contributed by atoms with E-state index in [0.29, 0.717) is 42.8 Å². The summed E-state index contributed by atoms with van der Waals surface area (Å²) in [5.41, 5.74) is 0.406. The minimum atomic E-state index is -0.881. The predicted molar refractivity (Wildman–Crippen MR) is 115 cm³/mol. The lowest BCUT2D eigenvalue weighted by Gasteiger charge is -2.37. The number of rotatable bonds is 9. The Hall–Kier alpha value is -1.46. The second kappa shape index (κ2) is 11.8. The van der Waals surface area contributed by atoms with E-state index in [1.165, 1.54) is 31.7 Å². The van der Waals surface area contributed by atoms with E-state index in [4.69, 9.17) is 14.2 Å². The van der Waals surface area contributed by atoms with Crippen molar-refractivity contribution in [3.63, 3.8) is 0 Å². The van der Waals surface area contributed by atoms with Crippen LogP contribution in [-0.4, -0.2) is 26.1 Å². The first-order valence-corrected chi connectivity index (χ1v) is 11.6. The van der Waals surface area contributed by atoms with Gasteiger partial charge in [-0.1, -0.05) is 31.6 Å². The molecule has 0 amide bonds. The third-order valence-corrected chi connectivity index (χ3v) is 6.42. The van der Waals surface area contributed by atoms with Gasteiger partial charge in [0.25, 0.3) is 0 Å². The molecule has 1 heterocycles. The van der Waals surface area contributed by atoms with E-state index >= 15 is 0 Å². The Bertz CT molecular complexity index is 675. The molecule has 3 rings (SSSR count). The van der Waals surface area contributed by atoms with E-state index in [-0.39, 0.29) is 12.0 Å². The topological polar surface area (TPSA) is 27.7 Å². The van der Waals surface area contributed by atoms with Gasteiger partial charge in [-0.2, -0.15) is 4.39 Å². The second-order valence-electron chi connectivity index (χ2n) is 8.57. The molecule has 0 N–H and O–H groups in total. The minimum Gasteiger partial charge on any atom is -0.491 e. The van der Waals surface area contributed by atoms with Crippen molar-refractivity contribution < 1.29 is 23.0 Å². The van der Waals surface area contributed by atoms with Crippen LogP contribution < -0.4 is 4.74 Å². The fraction of sp³-hybridized carbons (Fsp3) is 0.680. The molecular formula is C25H36F2O3. The lowest BCUT2D eigenvalue weighted by molar-refractivity contribution is -0.212. The van der Waals surface area contributed by atoms with Gasteiger partial charge in [-0.15, -0.1) is 0 Å². The first-order valence-electron chi connectivity index (χ1n) is 11.6. The highest BCUT2D eigenvalue weighted by Crippen LogP contribution is 2.36. The summed E-state index contributed by atoms with van der Waals surface area (Å²) in [4.78, 5) is 0. The van der Waals surface area contributed by atoms with Crippen LogP contribution in [0.3, 0.4) is 0 Å². The fourth-order valence-electron chi connectivity index (χ4n) is 4.60. The SMILES string of the molecule is CCCC1OCC(C2CCC(/C=C/CCc3ccc(OCC)c(F)c3F)CC2)CO1. The molecule has 0 unspecified atom stereocenters. The molecule has 1 saturated carbocycles. The molecule has 0 bridgehead atoms. The monoisotopic (exact) mass is 422 g/mol. The fourth-order valence-corrected chi connectivity index (χ4v) is 4.60. The van der Waals surface area contributed by atoms with Crippen molar-refractivity contribution in [1.82, 2.24) is 0 Å². The Labute approximate surface area is 179 Å². The Morgan fingerprint density at radius 3 is 2.40 bits per heavy atom. The zero-order chi connectivity index (χ0) is 21.3. The van der Waals surface area contributed by atoms with Gasteiger partial charge >= 0.3 is 0 Å². The molecule has 1 aromatic rings. The zero-order valence-electron chi connectivity index (χ0n) is 18.4. The normalized spacial score (nSPS) is 27.5. The Balaban J connectivity index is 1.38. The van der Waals surface area contributed by atoms with Crippen molar-refractivity contribution in [2.24, 2.45) is 17.8 Å². The van der Waals surface area contributed by atoms with Crippen molar-refractivity contribution in [2.75, 3.05) is 19.8 Å². The van der Waals surface area contributed by atoms with E-state index in [1.54, 1.807) is 13.0 Å². The van der Waals surface area contributed by atoms with Crippen molar-refractivity contribution in [1.29, 1.82) is 0 Å². The lowest BCUT2D eigenvalue weighted by Crippen LogP contribution is -2.37. The Morgan fingerprint density at radius 2 is 1.73 bits per heavy atom. The number of benzene rings is 1. The second-order valence-corrected chi connectivity index (χ2v) is 8.57. The Morgan fingerprint density at radius 1 is 1.00 bits per heavy atom. The summed E-state index contributed by atoms with van der Waals surface area (Å²) in [5, 5.41) is 0. The van der Waals surface area contributed by atoms with Gasteiger partial charge in [0.1, 0.15) is 0 Å². The summed E-state index contributed by atoms with van der Waals surface area (Å²) in [6.45, 7) is 5.89. The summed E-state index contributed by atoms with van der Waals surface area (Å²) in [7, 11) is 0. The van der Waals surface area contributed by atoms with Gasteiger partial charge in [-0.25, -0.2) is 4.39 Å². The molecule has 0 spiro atoms. The smallest absolute Gasteiger partial charge is 0.200 e. The van der Waals surface area contributed by atoms with Crippen molar-refractivity contribution in [3.05, 3.63) is 41.5 Å². The van der Waals surface area contributed by atoms with Gasteiger partial charge in [-0.3, -0.25) is 0 Å². The zero-order valence-corrected chi connectivity index (χ0v) is 18.4. The highest BCUT2D eigenvalue weighted by molar-refractivity contribution is 5.31. The van der Waals surface area contributed by atoms with Crippen LogP contribution in [0.25, 0.3) is 0 Å². The summed E-state index contributed by atoms with van der Waals surface area (Å²) in [6, 6.07) is 3.15. The number of hydrogen-bond donors (Lipinski definition) is 0. The van der Waals surface area contributed by atoms with Crippen LogP contribution in [0.1, 0.15) is 64.4 Å². The predicted octanol–water partition coefficient (Wildman–Crippen LogP) is 6.45. The molecule has 1 aliphatic heterocycles. The molecule has 3 nitrogen and oxygen atoms in total.